The zero-order valence-electron chi connectivity index (χ0n) is 20.2. The molecular formula is C24H27N5O5S. The van der Waals surface area contributed by atoms with E-state index in [0.29, 0.717) is 40.2 Å². The highest BCUT2D eigenvalue weighted by molar-refractivity contribution is 7.91. The van der Waals surface area contributed by atoms with E-state index in [0.717, 1.165) is 5.69 Å². The summed E-state index contributed by atoms with van der Waals surface area (Å²) in [4.78, 5) is 0. The Hall–Kier alpha value is -3.73. The number of rotatable bonds is 9. The second kappa shape index (κ2) is 9.87. The zero-order chi connectivity index (χ0) is 25.2. The van der Waals surface area contributed by atoms with Crippen molar-refractivity contribution in [1.82, 2.24) is 25.0 Å². The molecule has 11 heteroatoms. The summed E-state index contributed by atoms with van der Waals surface area (Å²) in [7, 11) is -0.602. The molecule has 4 aromatic rings. The minimum Gasteiger partial charge on any atom is -0.494 e. The van der Waals surface area contributed by atoms with Crippen molar-refractivity contribution in [2.24, 2.45) is 0 Å². The van der Waals surface area contributed by atoms with Gasteiger partial charge in [-0.15, -0.1) is 10.2 Å². The Morgan fingerprint density at radius 1 is 0.943 bits per heavy atom. The van der Waals surface area contributed by atoms with Crippen LogP contribution >= 0.6 is 0 Å². The van der Waals surface area contributed by atoms with E-state index in [1.165, 1.54) is 14.2 Å². The van der Waals surface area contributed by atoms with E-state index in [4.69, 9.17) is 13.9 Å². The summed E-state index contributed by atoms with van der Waals surface area (Å²) in [5.74, 6) is 2.24. The minimum atomic E-state index is -3.66. The van der Waals surface area contributed by atoms with Crippen LogP contribution in [0.3, 0.4) is 0 Å². The standard InChI is InChI=1S/C24H27N5O5S/c1-15-9-11-18(26-25-15)13-17(3)35(30,31)14-22-27-28-24(21-12-10-16(2)34-21)29(22)23-19(32-4)7-6-8-20(23)33-5/h6-12,17H,13-14H2,1-5H3/t17-/m1/s1. The lowest BCUT2D eigenvalue weighted by molar-refractivity contribution is 0.390. The van der Waals surface area contributed by atoms with Gasteiger partial charge in [0, 0.05) is 6.42 Å². The smallest absolute Gasteiger partial charge is 0.204 e. The van der Waals surface area contributed by atoms with Crippen molar-refractivity contribution < 1.29 is 22.3 Å². The highest BCUT2D eigenvalue weighted by Crippen LogP contribution is 2.37. The van der Waals surface area contributed by atoms with Crippen LogP contribution in [0, 0.1) is 13.8 Å². The predicted octanol–water partition coefficient (Wildman–Crippen LogP) is 3.50. The second-order valence-electron chi connectivity index (χ2n) is 8.18. The average molecular weight is 498 g/mol. The van der Waals surface area contributed by atoms with Crippen molar-refractivity contribution >= 4 is 9.84 Å². The number of furan rings is 1. The third-order valence-corrected chi connectivity index (χ3v) is 7.66. The molecule has 10 nitrogen and oxygen atoms in total. The molecule has 0 bridgehead atoms. The fourth-order valence-corrected chi connectivity index (χ4v) is 4.95. The summed E-state index contributed by atoms with van der Waals surface area (Å²) < 4.78 is 45.4. The fraction of sp³-hybridized carbons (Fsp3) is 0.333. The van der Waals surface area contributed by atoms with Crippen molar-refractivity contribution in [3.63, 3.8) is 0 Å². The summed E-state index contributed by atoms with van der Waals surface area (Å²) in [6.07, 6.45) is 0.228. The Kier molecular flexibility index (Phi) is 6.88. The van der Waals surface area contributed by atoms with E-state index in [9.17, 15) is 8.42 Å². The van der Waals surface area contributed by atoms with Gasteiger partial charge >= 0.3 is 0 Å². The van der Waals surface area contributed by atoms with Crippen molar-refractivity contribution in [3.8, 4) is 28.8 Å². The van der Waals surface area contributed by atoms with E-state index in [1.54, 1.807) is 47.9 Å². The number of para-hydroxylation sites is 1. The lowest BCUT2D eigenvalue weighted by atomic mass is 10.2. The normalized spacial score (nSPS) is 12.5. The van der Waals surface area contributed by atoms with E-state index in [2.05, 4.69) is 20.4 Å². The molecule has 0 saturated heterocycles. The molecule has 0 aliphatic heterocycles. The molecule has 0 radical (unpaired) electrons. The van der Waals surface area contributed by atoms with Crippen LogP contribution in [-0.4, -0.2) is 52.8 Å². The molecule has 3 aromatic heterocycles. The molecule has 1 aromatic carbocycles. The maximum absolute atomic E-state index is 13.4. The third kappa shape index (κ3) is 5.04. The first-order chi connectivity index (χ1) is 16.7. The van der Waals surface area contributed by atoms with Crippen molar-refractivity contribution in [2.75, 3.05) is 14.2 Å². The van der Waals surface area contributed by atoms with Gasteiger partial charge in [0.1, 0.15) is 28.7 Å². The SMILES string of the molecule is COc1cccc(OC)c1-n1c(CS(=O)(=O)[C@H](C)Cc2ccc(C)nn2)nnc1-c1ccc(C)o1. The minimum absolute atomic E-state index is 0.207. The Morgan fingerprint density at radius 2 is 1.66 bits per heavy atom. The van der Waals surface area contributed by atoms with Gasteiger partial charge in [-0.05, 0) is 57.2 Å². The van der Waals surface area contributed by atoms with Gasteiger partial charge in [-0.1, -0.05) is 6.07 Å². The van der Waals surface area contributed by atoms with Crippen LogP contribution in [0.4, 0.5) is 0 Å². The maximum atomic E-state index is 13.4. The van der Waals surface area contributed by atoms with Gasteiger partial charge < -0.3 is 13.9 Å². The van der Waals surface area contributed by atoms with Crippen LogP contribution in [0.2, 0.25) is 0 Å². The topological polar surface area (TPSA) is 122 Å². The summed E-state index contributed by atoms with van der Waals surface area (Å²) in [6, 6.07) is 12.4. The highest BCUT2D eigenvalue weighted by Gasteiger charge is 2.29. The number of hydrogen-bond acceptors (Lipinski definition) is 9. The van der Waals surface area contributed by atoms with Crippen LogP contribution in [0.5, 0.6) is 11.5 Å². The van der Waals surface area contributed by atoms with Crippen LogP contribution < -0.4 is 9.47 Å². The molecule has 1 atom stereocenters. The highest BCUT2D eigenvalue weighted by atomic mass is 32.2. The van der Waals surface area contributed by atoms with E-state index in [-0.39, 0.29) is 18.0 Å². The van der Waals surface area contributed by atoms with Crippen molar-refractivity contribution in [2.45, 2.75) is 38.2 Å². The summed E-state index contributed by atoms with van der Waals surface area (Å²) >= 11 is 0. The molecule has 0 aliphatic carbocycles. The van der Waals surface area contributed by atoms with Gasteiger partial charge in [0.2, 0.25) is 5.82 Å². The average Bonchev–Trinajstić information content (AvgIpc) is 3.45. The predicted molar refractivity (Wildman–Crippen MR) is 129 cm³/mol. The van der Waals surface area contributed by atoms with Gasteiger partial charge in [0.15, 0.2) is 21.4 Å². The fourth-order valence-electron chi connectivity index (χ4n) is 3.69. The summed E-state index contributed by atoms with van der Waals surface area (Å²) in [5, 5.41) is 15.9. The Labute approximate surface area is 203 Å². The van der Waals surface area contributed by atoms with E-state index in [1.807, 2.05) is 19.9 Å². The number of methoxy groups -OCH3 is 2. The maximum Gasteiger partial charge on any atom is 0.204 e. The second-order valence-corrected chi connectivity index (χ2v) is 10.6. The largest absolute Gasteiger partial charge is 0.494 e. The Balaban J connectivity index is 1.79. The van der Waals surface area contributed by atoms with Crippen molar-refractivity contribution in [3.05, 3.63) is 65.4 Å². The first-order valence-electron chi connectivity index (χ1n) is 11.0. The number of hydrogen-bond donors (Lipinski definition) is 0. The molecule has 4 rings (SSSR count). The summed E-state index contributed by atoms with van der Waals surface area (Å²) in [6.45, 7) is 5.29. The molecule has 0 saturated carbocycles. The van der Waals surface area contributed by atoms with Gasteiger partial charge in [-0.2, -0.15) is 10.2 Å². The molecule has 0 fully saturated rings. The first kappa shape index (κ1) is 24.4. The quantitative estimate of drug-likeness (QED) is 0.342. The number of ether oxygens (including phenoxy) is 2. The van der Waals surface area contributed by atoms with Gasteiger partial charge in [0.25, 0.3) is 0 Å². The van der Waals surface area contributed by atoms with Crippen LogP contribution in [-0.2, 0) is 22.0 Å². The van der Waals surface area contributed by atoms with E-state index < -0.39 is 15.1 Å². The van der Waals surface area contributed by atoms with Gasteiger partial charge in [-0.25, -0.2) is 8.42 Å². The molecular weight excluding hydrogens is 470 g/mol. The lowest BCUT2D eigenvalue weighted by Gasteiger charge is -2.18. The Morgan fingerprint density at radius 3 is 2.23 bits per heavy atom. The van der Waals surface area contributed by atoms with Crippen LogP contribution in [0.15, 0.2) is 46.9 Å². The number of aromatic nitrogens is 5. The molecule has 35 heavy (non-hydrogen) atoms. The third-order valence-electron chi connectivity index (χ3n) is 5.61. The molecule has 184 valence electrons. The van der Waals surface area contributed by atoms with Crippen LogP contribution in [0.25, 0.3) is 17.3 Å². The monoisotopic (exact) mass is 497 g/mol. The number of aryl methyl sites for hydroxylation is 2. The van der Waals surface area contributed by atoms with Crippen LogP contribution in [0.1, 0.15) is 29.9 Å². The number of nitrogens with zero attached hydrogens (tertiary/aromatic N) is 5. The molecule has 3 heterocycles. The number of benzene rings is 1. The Bertz CT molecular complexity index is 1400. The zero-order valence-corrected chi connectivity index (χ0v) is 21.0. The molecule has 0 spiro atoms. The van der Waals surface area contributed by atoms with Crippen molar-refractivity contribution in [1.29, 1.82) is 0 Å². The molecule has 0 amide bonds. The molecule has 0 aliphatic rings. The summed E-state index contributed by atoms with van der Waals surface area (Å²) in [5.41, 5.74) is 1.85. The lowest BCUT2D eigenvalue weighted by Crippen LogP contribution is -2.24. The molecule has 0 N–H and O–H groups in total. The van der Waals surface area contributed by atoms with E-state index >= 15 is 0 Å². The first-order valence-corrected chi connectivity index (χ1v) is 12.7. The molecule has 0 unspecified atom stereocenters. The van der Waals surface area contributed by atoms with Gasteiger partial charge in [-0.3, -0.25) is 4.57 Å². The number of sulfone groups is 1. The van der Waals surface area contributed by atoms with Gasteiger partial charge in [0.05, 0.1) is 30.9 Å².